The highest BCUT2D eigenvalue weighted by molar-refractivity contribution is 5.82. The van der Waals surface area contributed by atoms with Crippen LogP contribution in [0.15, 0.2) is 0 Å². The van der Waals surface area contributed by atoms with Crippen LogP contribution in [-0.4, -0.2) is 48.2 Å². The lowest BCUT2D eigenvalue weighted by atomic mass is 9.84. The van der Waals surface area contributed by atoms with E-state index in [1.807, 2.05) is 13.8 Å². The number of aliphatic carboxylic acids is 1. The van der Waals surface area contributed by atoms with Gasteiger partial charge in [0.2, 0.25) is 5.91 Å². The van der Waals surface area contributed by atoms with Crippen LogP contribution in [0.2, 0.25) is 0 Å². The summed E-state index contributed by atoms with van der Waals surface area (Å²) >= 11 is 0. The summed E-state index contributed by atoms with van der Waals surface area (Å²) < 4.78 is 5.36. The molecule has 0 spiro atoms. The molecule has 19 heavy (non-hydrogen) atoms. The zero-order valence-corrected chi connectivity index (χ0v) is 11.7. The number of ether oxygens (including phenoxy) is 1. The van der Waals surface area contributed by atoms with E-state index >= 15 is 0 Å². The van der Waals surface area contributed by atoms with Crippen LogP contribution in [0.5, 0.6) is 0 Å². The summed E-state index contributed by atoms with van der Waals surface area (Å²) in [6.07, 6.45) is 1.90. The Hall–Kier alpha value is -1.10. The van der Waals surface area contributed by atoms with Crippen molar-refractivity contribution in [3.63, 3.8) is 0 Å². The highest BCUT2D eigenvalue weighted by Crippen LogP contribution is 2.36. The van der Waals surface area contributed by atoms with E-state index < -0.39 is 11.4 Å². The maximum Gasteiger partial charge on any atom is 0.311 e. The van der Waals surface area contributed by atoms with Gasteiger partial charge in [0.25, 0.3) is 0 Å². The van der Waals surface area contributed by atoms with Crippen LogP contribution in [0.25, 0.3) is 0 Å². The van der Waals surface area contributed by atoms with Crippen LogP contribution in [0.3, 0.4) is 0 Å². The van der Waals surface area contributed by atoms with Crippen molar-refractivity contribution in [3.8, 4) is 0 Å². The minimum atomic E-state index is -0.773. The van der Waals surface area contributed by atoms with Crippen LogP contribution in [-0.2, 0) is 14.3 Å². The zero-order chi connectivity index (χ0) is 14.0. The number of carboxylic acids is 1. The van der Waals surface area contributed by atoms with Crippen molar-refractivity contribution >= 4 is 11.9 Å². The van der Waals surface area contributed by atoms with Crippen molar-refractivity contribution in [2.45, 2.75) is 33.1 Å². The molecule has 5 nitrogen and oxygen atoms in total. The Morgan fingerprint density at radius 3 is 2.74 bits per heavy atom. The predicted octanol–water partition coefficient (Wildman–Crippen LogP) is 1.37. The van der Waals surface area contributed by atoms with Crippen molar-refractivity contribution in [2.24, 2.45) is 17.3 Å². The Bertz CT molecular complexity index is 370. The first-order chi connectivity index (χ1) is 9.00. The molecule has 2 fully saturated rings. The lowest BCUT2D eigenvalue weighted by Crippen LogP contribution is -2.43. The smallest absolute Gasteiger partial charge is 0.311 e. The Morgan fingerprint density at radius 1 is 1.47 bits per heavy atom. The van der Waals surface area contributed by atoms with Crippen LogP contribution in [0.1, 0.15) is 33.1 Å². The molecule has 108 valence electrons. The summed E-state index contributed by atoms with van der Waals surface area (Å²) in [6, 6.07) is 0. The molecule has 0 aromatic carbocycles. The highest BCUT2D eigenvalue weighted by Gasteiger charge is 2.46. The van der Waals surface area contributed by atoms with Gasteiger partial charge < -0.3 is 14.7 Å². The van der Waals surface area contributed by atoms with Gasteiger partial charge in [-0.15, -0.1) is 0 Å². The van der Waals surface area contributed by atoms with Gasteiger partial charge in [-0.05, 0) is 25.2 Å². The average Bonchev–Trinajstić information content (AvgIpc) is 2.84. The van der Waals surface area contributed by atoms with Gasteiger partial charge in [-0.3, -0.25) is 9.59 Å². The van der Waals surface area contributed by atoms with Gasteiger partial charge >= 0.3 is 5.97 Å². The summed E-state index contributed by atoms with van der Waals surface area (Å²) in [6.45, 7) is 6.11. The number of likely N-dealkylation sites (tertiary alicyclic amines) is 1. The molecule has 1 N–H and O–H groups in total. The molecule has 1 amide bonds. The third-order valence-corrected chi connectivity index (χ3v) is 4.75. The normalized spacial score (nSPS) is 35.4. The monoisotopic (exact) mass is 269 g/mol. The van der Waals surface area contributed by atoms with Gasteiger partial charge in [-0.1, -0.05) is 13.8 Å². The molecular weight excluding hydrogens is 246 g/mol. The molecule has 2 saturated heterocycles. The number of hydrogen-bond donors (Lipinski definition) is 1. The van der Waals surface area contributed by atoms with Crippen LogP contribution >= 0.6 is 0 Å². The van der Waals surface area contributed by atoms with Gasteiger partial charge in [0.1, 0.15) is 0 Å². The molecular formula is C14H23NO4. The standard InChI is InChI=1S/C14H23NO4/c1-3-14(13(17)18)5-6-15(9-14)12(16)11-4-7-19-8-10(11)2/h10-11H,3-9H2,1-2H3,(H,17,18). The van der Waals surface area contributed by atoms with E-state index in [9.17, 15) is 14.7 Å². The van der Waals surface area contributed by atoms with Gasteiger partial charge in [-0.25, -0.2) is 0 Å². The number of amides is 1. The number of carboxylic acid groups (broad SMARTS) is 1. The minimum absolute atomic E-state index is 0.00444. The van der Waals surface area contributed by atoms with Gasteiger partial charge in [0, 0.05) is 32.2 Å². The first-order valence-electron chi connectivity index (χ1n) is 7.10. The molecule has 2 rings (SSSR count). The molecule has 0 radical (unpaired) electrons. The Balaban J connectivity index is 2.04. The summed E-state index contributed by atoms with van der Waals surface area (Å²) in [7, 11) is 0. The second kappa shape index (κ2) is 5.49. The maximum absolute atomic E-state index is 12.5. The third kappa shape index (κ3) is 2.61. The molecule has 3 atom stereocenters. The van der Waals surface area contributed by atoms with Crippen molar-refractivity contribution < 1.29 is 19.4 Å². The van der Waals surface area contributed by atoms with E-state index in [1.165, 1.54) is 0 Å². The van der Waals surface area contributed by atoms with Crippen LogP contribution in [0, 0.1) is 17.3 Å². The van der Waals surface area contributed by atoms with E-state index in [-0.39, 0.29) is 17.7 Å². The molecule has 0 saturated carbocycles. The molecule has 2 heterocycles. The molecule has 0 bridgehead atoms. The van der Waals surface area contributed by atoms with E-state index in [2.05, 4.69) is 0 Å². The fourth-order valence-electron chi connectivity index (χ4n) is 3.16. The van der Waals surface area contributed by atoms with Crippen molar-refractivity contribution in [2.75, 3.05) is 26.3 Å². The van der Waals surface area contributed by atoms with E-state index in [1.54, 1.807) is 4.90 Å². The van der Waals surface area contributed by atoms with E-state index in [0.29, 0.717) is 39.1 Å². The molecule has 3 unspecified atom stereocenters. The molecule has 0 aromatic heterocycles. The maximum atomic E-state index is 12.5. The topological polar surface area (TPSA) is 66.8 Å². The second-order valence-corrected chi connectivity index (χ2v) is 5.90. The van der Waals surface area contributed by atoms with Crippen molar-refractivity contribution in [1.82, 2.24) is 4.90 Å². The largest absolute Gasteiger partial charge is 0.481 e. The third-order valence-electron chi connectivity index (χ3n) is 4.75. The second-order valence-electron chi connectivity index (χ2n) is 5.90. The van der Waals surface area contributed by atoms with E-state index in [0.717, 1.165) is 6.42 Å². The molecule has 2 aliphatic rings. The Morgan fingerprint density at radius 2 is 2.21 bits per heavy atom. The summed E-state index contributed by atoms with van der Waals surface area (Å²) in [4.78, 5) is 25.7. The first kappa shape index (κ1) is 14.3. The minimum Gasteiger partial charge on any atom is -0.481 e. The quantitative estimate of drug-likeness (QED) is 0.840. The number of hydrogen-bond acceptors (Lipinski definition) is 3. The van der Waals surface area contributed by atoms with E-state index in [4.69, 9.17) is 4.74 Å². The molecule has 0 aliphatic carbocycles. The molecule has 0 aromatic rings. The number of carbonyl (C=O) groups excluding carboxylic acids is 1. The summed E-state index contributed by atoms with van der Waals surface area (Å²) in [5, 5.41) is 9.37. The summed E-state index contributed by atoms with van der Waals surface area (Å²) in [5.74, 6) is -0.435. The predicted molar refractivity (Wildman–Crippen MR) is 69.6 cm³/mol. The number of nitrogens with zero attached hydrogens (tertiary/aromatic N) is 1. The Kier molecular flexibility index (Phi) is 4.13. The average molecular weight is 269 g/mol. The lowest BCUT2D eigenvalue weighted by Gasteiger charge is -2.32. The SMILES string of the molecule is CCC1(C(=O)O)CCN(C(=O)C2CCOCC2C)C1. The number of carbonyl (C=O) groups is 2. The molecule has 5 heteroatoms. The number of rotatable bonds is 3. The van der Waals surface area contributed by atoms with Crippen LogP contribution < -0.4 is 0 Å². The Labute approximate surface area is 113 Å². The fourth-order valence-corrected chi connectivity index (χ4v) is 3.16. The van der Waals surface area contributed by atoms with Crippen LogP contribution in [0.4, 0.5) is 0 Å². The van der Waals surface area contributed by atoms with Gasteiger partial charge in [0.15, 0.2) is 0 Å². The zero-order valence-electron chi connectivity index (χ0n) is 11.7. The fraction of sp³-hybridized carbons (Fsp3) is 0.857. The molecule has 2 aliphatic heterocycles. The van der Waals surface area contributed by atoms with Gasteiger partial charge in [-0.2, -0.15) is 0 Å². The van der Waals surface area contributed by atoms with Crippen molar-refractivity contribution in [3.05, 3.63) is 0 Å². The van der Waals surface area contributed by atoms with Crippen molar-refractivity contribution in [1.29, 1.82) is 0 Å². The first-order valence-corrected chi connectivity index (χ1v) is 7.10. The summed E-state index contributed by atoms with van der Waals surface area (Å²) in [5.41, 5.74) is -0.732. The van der Waals surface area contributed by atoms with Gasteiger partial charge in [0.05, 0.1) is 5.41 Å². The lowest BCUT2D eigenvalue weighted by molar-refractivity contribution is -0.149. The highest BCUT2D eigenvalue weighted by atomic mass is 16.5.